The normalized spacial score (nSPS) is 18.0. The van der Waals surface area contributed by atoms with Crippen LogP contribution in [0.3, 0.4) is 0 Å². The second-order valence-corrected chi connectivity index (χ2v) is 6.36. The maximum atomic E-state index is 12.6. The summed E-state index contributed by atoms with van der Waals surface area (Å²) in [6.45, 7) is 1.56. The fourth-order valence-electron chi connectivity index (χ4n) is 3.38. The number of aromatic amines is 1. The van der Waals surface area contributed by atoms with Crippen molar-refractivity contribution >= 4 is 16.9 Å². The van der Waals surface area contributed by atoms with E-state index in [-0.39, 0.29) is 11.8 Å². The second-order valence-electron chi connectivity index (χ2n) is 6.36. The van der Waals surface area contributed by atoms with E-state index in [0.29, 0.717) is 6.42 Å². The smallest absolute Gasteiger partial charge is 0.227 e. The van der Waals surface area contributed by atoms with Gasteiger partial charge in [0.15, 0.2) is 0 Å². The molecule has 1 N–H and O–H groups in total. The Labute approximate surface area is 140 Å². The van der Waals surface area contributed by atoms with E-state index >= 15 is 0 Å². The molecule has 0 spiro atoms. The van der Waals surface area contributed by atoms with Gasteiger partial charge in [0.05, 0.1) is 17.5 Å². The minimum atomic E-state index is 0.170. The van der Waals surface area contributed by atoms with Crippen LogP contribution in [0.5, 0.6) is 0 Å². The molecule has 1 aliphatic heterocycles. The van der Waals surface area contributed by atoms with Crippen molar-refractivity contribution in [1.82, 2.24) is 19.9 Å². The Morgan fingerprint density at radius 3 is 3.00 bits per heavy atom. The van der Waals surface area contributed by atoms with Crippen molar-refractivity contribution in [2.75, 3.05) is 13.1 Å². The Morgan fingerprint density at radius 1 is 1.25 bits per heavy atom. The topological polar surface area (TPSA) is 61.9 Å². The fraction of sp³-hybridized carbons (Fsp3) is 0.316. The number of nitrogens with one attached hydrogen (secondary N) is 1. The molecule has 1 unspecified atom stereocenters. The van der Waals surface area contributed by atoms with Crippen molar-refractivity contribution < 1.29 is 4.79 Å². The minimum Gasteiger partial charge on any atom is -0.342 e. The molecule has 4 rings (SSSR count). The molecule has 1 saturated heterocycles. The summed E-state index contributed by atoms with van der Waals surface area (Å²) in [5.41, 5.74) is 3.02. The van der Waals surface area contributed by atoms with Gasteiger partial charge in [-0.25, -0.2) is 4.98 Å². The Morgan fingerprint density at radius 2 is 2.17 bits per heavy atom. The molecule has 2 aromatic heterocycles. The van der Waals surface area contributed by atoms with Gasteiger partial charge in [0.1, 0.15) is 5.82 Å². The molecule has 0 radical (unpaired) electrons. The van der Waals surface area contributed by atoms with Gasteiger partial charge in [-0.15, -0.1) is 0 Å². The third-order valence-electron chi connectivity index (χ3n) is 4.65. The number of carbonyl (C=O) groups excluding carboxylic acids is 1. The number of fused-ring (bicyclic) bond motifs is 1. The lowest BCUT2D eigenvalue weighted by molar-refractivity contribution is -0.131. The van der Waals surface area contributed by atoms with Crippen LogP contribution in [0, 0.1) is 0 Å². The van der Waals surface area contributed by atoms with Crippen LogP contribution in [0.15, 0.2) is 48.8 Å². The van der Waals surface area contributed by atoms with Gasteiger partial charge in [-0.1, -0.05) is 18.2 Å². The number of likely N-dealkylation sites (tertiary alicyclic amines) is 1. The molecule has 3 heterocycles. The molecule has 0 saturated carbocycles. The van der Waals surface area contributed by atoms with Gasteiger partial charge in [0, 0.05) is 31.4 Å². The van der Waals surface area contributed by atoms with E-state index in [1.165, 1.54) is 0 Å². The number of hydrogen-bond donors (Lipinski definition) is 1. The van der Waals surface area contributed by atoms with E-state index < -0.39 is 0 Å². The van der Waals surface area contributed by atoms with Crippen LogP contribution >= 0.6 is 0 Å². The van der Waals surface area contributed by atoms with Gasteiger partial charge >= 0.3 is 0 Å². The first-order valence-corrected chi connectivity index (χ1v) is 8.41. The summed E-state index contributed by atoms with van der Waals surface area (Å²) in [7, 11) is 0. The molecule has 1 aliphatic rings. The molecule has 1 aromatic carbocycles. The van der Waals surface area contributed by atoms with Crippen LogP contribution in [0.4, 0.5) is 0 Å². The van der Waals surface area contributed by atoms with E-state index in [4.69, 9.17) is 4.98 Å². The summed E-state index contributed by atoms with van der Waals surface area (Å²) in [6.07, 6.45) is 5.99. The fourth-order valence-corrected chi connectivity index (χ4v) is 3.38. The molecule has 1 fully saturated rings. The van der Waals surface area contributed by atoms with Crippen molar-refractivity contribution in [2.24, 2.45) is 0 Å². The van der Waals surface area contributed by atoms with Gasteiger partial charge in [-0.05, 0) is 36.6 Å². The first-order valence-electron chi connectivity index (χ1n) is 8.41. The van der Waals surface area contributed by atoms with Gasteiger partial charge in [-0.2, -0.15) is 0 Å². The average molecular weight is 320 g/mol. The second kappa shape index (κ2) is 6.43. The molecule has 24 heavy (non-hydrogen) atoms. The van der Waals surface area contributed by atoms with Crippen molar-refractivity contribution in [3.05, 3.63) is 60.2 Å². The molecule has 1 atom stereocenters. The quantitative estimate of drug-likeness (QED) is 0.807. The highest BCUT2D eigenvalue weighted by Crippen LogP contribution is 2.27. The molecule has 3 aromatic rings. The summed E-state index contributed by atoms with van der Waals surface area (Å²) in [6, 6.07) is 11.9. The molecule has 5 heteroatoms. The zero-order valence-corrected chi connectivity index (χ0v) is 13.5. The number of carbonyl (C=O) groups is 1. The first-order chi connectivity index (χ1) is 11.8. The number of rotatable bonds is 3. The number of hydrogen-bond acceptors (Lipinski definition) is 3. The van der Waals surface area contributed by atoms with E-state index in [1.807, 2.05) is 41.3 Å². The number of nitrogens with zero attached hydrogens (tertiary/aromatic N) is 3. The lowest BCUT2D eigenvalue weighted by atomic mass is 9.97. The SMILES string of the molecule is O=C(Cc1cccnc1)N1CCCC(c2nc3ccccc3[nH]2)C1. The summed E-state index contributed by atoms with van der Waals surface area (Å²) < 4.78 is 0. The molecular formula is C19H20N4O. The van der Waals surface area contributed by atoms with Crippen molar-refractivity contribution in [3.63, 3.8) is 0 Å². The molecule has 5 nitrogen and oxygen atoms in total. The standard InChI is InChI=1S/C19H20N4O/c24-18(11-14-5-3-9-20-12-14)23-10-4-6-15(13-23)19-21-16-7-1-2-8-17(16)22-19/h1-3,5,7-9,12,15H,4,6,10-11,13H2,(H,21,22). The summed E-state index contributed by atoms with van der Waals surface area (Å²) in [4.78, 5) is 26.8. The largest absolute Gasteiger partial charge is 0.342 e. The van der Waals surface area contributed by atoms with E-state index in [9.17, 15) is 4.79 Å². The average Bonchev–Trinajstić information content (AvgIpc) is 3.07. The molecule has 0 bridgehead atoms. The Kier molecular flexibility index (Phi) is 3.99. The number of piperidine rings is 1. The van der Waals surface area contributed by atoms with E-state index in [2.05, 4.69) is 9.97 Å². The third kappa shape index (κ3) is 3.02. The highest BCUT2D eigenvalue weighted by Gasteiger charge is 2.26. The van der Waals surface area contributed by atoms with Crippen molar-refractivity contribution in [2.45, 2.75) is 25.2 Å². The zero-order valence-electron chi connectivity index (χ0n) is 13.5. The van der Waals surface area contributed by atoms with E-state index in [0.717, 1.165) is 48.4 Å². The van der Waals surface area contributed by atoms with Crippen LogP contribution in [-0.4, -0.2) is 38.8 Å². The number of para-hydroxylation sites is 2. The van der Waals surface area contributed by atoms with Crippen LogP contribution in [0.1, 0.15) is 30.1 Å². The van der Waals surface area contributed by atoms with Gasteiger partial charge in [0.25, 0.3) is 0 Å². The summed E-state index contributed by atoms with van der Waals surface area (Å²) in [5.74, 6) is 1.45. The first kappa shape index (κ1) is 14.9. The lowest BCUT2D eigenvalue weighted by Gasteiger charge is -2.32. The molecule has 0 aliphatic carbocycles. The maximum absolute atomic E-state index is 12.6. The van der Waals surface area contributed by atoms with E-state index in [1.54, 1.807) is 12.4 Å². The van der Waals surface area contributed by atoms with Crippen LogP contribution in [-0.2, 0) is 11.2 Å². The highest BCUT2D eigenvalue weighted by molar-refractivity contribution is 5.79. The highest BCUT2D eigenvalue weighted by atomic mass is 16.2. The Hall–Kier alpha value is -2.69. The summed E-state index contributed by atoms with van der Waals surface area (Å²) >= 11 is 0. The predicted octanol–water partition coefficient (Wildman–Crippen LogP) is 2.91. The number of imidazole rings is 1. The number of benzene rings is 1. The maximum Gasteiger partial charge on any atom is 0.227 e. The van der Waals surface area contributed by atoms with Crippen LogP contribution in [0.2, 0.25) is 0 Å². The Bertz CT molecular complexity index is 810. The number of amides is 1. The molecule has 1 amide bonds. The molecular weight excluding hydrogens is 300 g/mol. The predicted molar refractivity (Wildman–Crippen MR) is 92.6 cm³/mol. The monoisotopic (exact) mass is 320 g/mol. The van der Waals surface area contributed by atoms with Gasteiger partial charge in [0.2, 0.25) is 5.91 Å². The third-order valence-corrected chi connectivity index (χ3v) is 4.65. The number of pyridine rings is 1. The van der Waals surface area contributed by atoms with Crippen molar-refractivity contribution in [1.29, 1.82) is 0 Å². The lowest BCUT2D eigenvalue weighted by Crippen LogP contribution is -2.40. The van der Waals surface area contributed by atoms with Crippen LogP contribution < -0.4 is 0 Å². The minimum absolute atomic E-state index is 0.170. The zero-order chi connectivity index (χ0) is 16.4. The summed E-state index contributed by atoms with van der Waals surface area (Å²) in [5, 5.41) is 0. The molecule has 122 valence electrons. The number of aromatic nitrogens is 3. The van der Waals surface area contributed by atoms with Gasteiger partial charge < -0.3 is 9.88 Å². The van der Waals surface area contributed by atoms with Crippen LogP contribution in [0.25, 0.3) is 11.0 Å². The Balaban J connectivity index is 1.48. The number of H-pyrrole nitrogens is 1. The van der Waals surface area contributed by atoms with Gasteiger partial charge in [-0.3, -0.25) is 9.78 Å². The van der Waals surface area contributed by atoms with Crippen molar-refractivity contribution in [3.8, 4) is 0 Å².